The number of nitrogen functional groups attached to an aromatic ring is 1. The van der Waals surface area contributed by atoms with Gasteiger partial charge < -0.3 is 10.5 Å². The van der Waals surface area contributed by atoms with Gasteiger partial charge in [0.2, 0.25) is 0 Å². The van der Waals surface area contributed by atoms with E-state index in [0.717, 1.165) is 6.07 Å². The Morgan fingerprint density at radius 2 is 1.82 bits per heavy atom. The number of nitrogens with one attached hydrogen (secondary N) is 1. The van der Waals surface area contributed by atoms with Crippen molar-refractivity contribution in [3.8, 4) is 5.75 Å². The number of benzene rings is 2. The molecule has 8 nitrogen and oxygen atoms in total. The zero-order chi connectivity index (χ0) is 16.3. The zero-order valence-electron chi connectivity index (χ0n) is 11.5. The van der Waals surface area contributed by atoms with E-state index >= 15 is 0 Å². The topological polar surface area (TPSA) is 125 Å². The van der Waals surface area contributed by atoms with Crippen LogP contribution in [0.1, 0.15) is 0 Å². The second kappa shape index (κ2) is 5.90. The smallest absolute Gasteiger partial charge is 0.294 e. The van der Waals surface area contributed by atoms with Crippen molar-refractivity contribution in [3.63, 3.8) is 0 Å². The number of ether oxygens (including phenoxy) is 1. The molecule has 0 unspecified atom stereocenters. The molecule has 0 saturated carbocycles. The number of methoxy groups -OCH3 is 1. The number of nitrogens with two attached hydrogens (primary N) is 1. The number of nitro groups is 1. The van der Waals surface area contributed by atoms with Crippen molar-refractivity contribution in [2.45, 2.75) is 4.90 Å². The van der Waals surface area contributed by atoms with E-state index in [4.69, 9.17) is 10.5 Å². The lowest BCUT2D eigenvalue weighted by Crippen LogP contribution is -2.13. The predicted octanol–water partition coefficient (Wildman–Crippen LogP) is 1.99. The number of hydrogen-bond acceptors (Lipinski definition) is 6. The summed E-state index contributed by atoms with van der Waals surface area (Å²) in [7, 11) is -2.40. The van der Waals surface area contributed by atoms with Crippen LogP contribution in [-0.2, 0) is 10.0 Å². The van der Waals surface area contributed by atoms with Gasteiger partial charge in [0.05, 0.1) is 22.6 Å². The van der Waals surface area contributed by atoms with E-state index in [0.29, 0.717) is 5.75 Å². The molecule has 0 saturated heterocycles. The summed E-state index contributed by atoms with van der Waals surface area (Å²) in [5.74, 6) is 0.516. The molecule has 0 atom stereocenters. The van der Waals surface area contributed by atoms with Crippen LogP contribution in [0.5, 0.6) is 5.75 Å². The standard InChI is InChI=1S/C13H13N3O5S/c1-21-10-3-5-11(6-4-10)22(19,20)15-9-2-7-12(14)13(8-9)16(17)18/h2-8,15H,14H2,1H3. The molecule has 2 rings (SSSR count). The first-order valence-electron chi connectivity index (χ1n) is 6.04. The van der Waals surface area contributed by atoms with Gasteiger partial charge in [-0.05, 0) is 36.4 Å². The van der Waals surface area contributed by atoms with E-state index in [1.807, 2.05) is 0 Å². The highest BCUT2D eigenvalue weighted by Crippen LogP contribution is 2.27. The summed E-state index contributed by atoms with van der Waals surface area (Å²) in [4.78, 5) is 10.1. The number of anilines is 2. The molecular formula is C13H13N3O5S. The number of sulfonamides is 1. The summed E-state index contributed by atoms with van der Waals surface area (Å²) in [5, 5.41) is 10.8. The zero-order valence-corrected chi connectivity index (χ0v) is 12.3. The molecule has 0 heterocycles. The van der Waals surface area contributed by atoms with Gasteiger partial charge in [0.15, 0.2) is 0 Å². The monoisotopic (exact) mass is 323 g/mol. The maximum Gasteiger partial charge on any atom is 0.294 e. The number of nitrogens with zero attached hydrogens (tertiary/aromatic N) is 1. The first-order valence-corrected chi connectivity index (χ1v) is 7.52. The fourth-order valence-corrected chi connectivity index (χ4v) is 2.78. The maximum absolute atomic E-state index is 12.2. The minimum atomic E-state index is -3.86. The Bertz CT molecular complexity index is 803. The Labute approximate surface area is 126 Å². The summed E-state index contributed by atoms with van der Waals surface area (Å²) in [6, 6.07) is 9.42. The molecule has 116 valence electrons. The second-order valence-electron chi connectivity index (χ2n) is 4.31. The quantitative estimate of drug-likeness (QED) is 0.492. The predicted molar refractivity (Wildman–Crippen MR) is 81.3 cm³/mol. The van der Waals surface area contributed by atoms with Crippen molar-refractivity contribution in [1.82, 2.24) is 0 Å². The van der Waals surface area contributed by atoms with Crippen LogP contribution in [0.3, 0.4) is 0 Å². The number of hydrogen-bond donors (Lipinski definition) is 2. The minimum absolute atomic E-state index is 0.00720. The third kappa shape index (κ3) is 3.26. The molecule has 2 aromatic rings. The van der Waals surface area contributed by atoms with Crippen molar-refractivity contribution >= 4 is 27.1 Å². The van der Waals surface area contributed by atoms with Crippen LogP contribution in [0.4, 0.5) is 17.1 Å². The molecule has 9 heteroatoms. The van der Waals surface area contributed by atoms with Crippen LogP contribution in [0.15, 0.2) is 47.4 Å². The SMILES string of the molecule is COc1ccc(S(=O)(=O)Nc2ccc(N)c([N+](=O)[O-])c2)cc1. The number of rotatable bonds is 5. The normalized spacial score (nSPS) is 11.0. The summed E-state index contributed by atoms with van der Waals surface area (Å²) < 4.78 is 31.6. The van der Waals surface area contributed by atoms with Crippen molar-refractivity contribution in [3.05, 3.63) is 52.6 Å². The van der Waals surface area contributed by atoms with Crippen molar-refractivity contribution in [2.24, 2.45) is 0 Å². The van der Waals surface area contributed by atoms with E-state index in [9.17, 15) is 18.5 Å². The van der Waals surface area contributed by atoms with Gasteiger partial charge in [-0.3, -0.25) is 14.8 Å². The number of nitro benzene ring substituents is 1. The molecule has 22 heavy (non-hydrogen) atoms. The largest absolute Gasteiger partial charge is 0.497 e. The van der Waals surface area contributed by atoms with Gasteiger partial charge >= 0.3 is 0 Å². The van der Waals surface area contributed by atoms with Gasteiger partial charge in [-0.15, -0.1) is 0 Å². The summed E-state index contributed by atoms with van der Waals surface area (Å²) in [6.45, 7) is 0. The Kier molecular flexibility index (Phi) is 4.18. The fraction of sp³-hybridized carbons (Fsp3) is 0.0769. The van der Waals surface area contributed by atoms with Crippen LogP contribution >= 0.6 is 0 Å². The minimum Gasteiger partial charge on any atom is -0.497 e. The lowest BCUT2D eigenvalue weighted by Gasteiger charge is -2.09. The highest BCUT2D eigenvalue weighted by atomic mass is 32.2. The fourth-order valence-electron chi connectivity index (χ4n) is 1.73. The first kappa shape index (κ1) is 15.6. The first-order chi connectivity index (χ1) is 10.3. The van der Waals surface area contributed by atoms with E-state index in [1.165, 1.54) is 43.5 Å². The Morgan fingerprint density at radius 1 is 1.18 bits per heavy atom. The van der Waals surface area contributed by atoms with Gasteiger partial charge in [-0.1, -0.05) is 0 Å². The molecule has 0 aliphatic heterocycles. The van der Waals surface area contributed by atoms with E-state index < -0.39 is 14.9 Å². The third-order valence-electron chi connectivity index (χ3n) is 2.85. The van der Waals surface area contributed by atoms with Crippen molar-refractivity contribution in [1.29, 1.82) is 0 Å². The molecule has 0 aliphatic carbocycles. The molecule has 2 aromatic carbocycles. The van der Waals surface area contributed by atoms with Gasteiger partial charge in [0.1, 0.15) is 11.4 Å². The molecule has 0 fully saturated rings. The molecular weight excluding hydrogens is 310 g/mol. The maximum atomic E-state index is 12.2. The Balaban J connectivity index is 2.32. The highest BCUT2D eigenvalue weighted by Gasteiger charge is 2.17. The van der Waals surface area contributed by atoms with E-state index in [1.54, 1.807) is 0 Å². The van der Waals surface area contributed by atoms with Gasteiger partial charge in [-0.2, -0.15) is 0 Å². The van der Waals surface area contributed by atoms with Crippen LogP contribution in [0, 0.1) is 10.1 Å². The molecule has 0 bridgehead atoms. The molecule has 0 spiro atoms. The molecule has 3 N–H and O–H groups in total. The van der Waals surface area contributed by atoms with Crippen LogP contribution < -0.4 is 15.2 Å². The molecule has 0 amide bonds. The lowest BCUT2D eigenvalue weighted by atomic mass is 10.2. The van der Waals surface area contributed by atoms with Gasteiger partial charge in [-0.25, -0.2) is 8.42 Å². The van der Waals surface area contributed by atoms with E-state index in [2.05, 4.69) is 4.72 Å². The molecule has 0 aromatic heterocycles. The van der Waals surface area contributed by atoms with Gasteiger partial charge in [0, 0.05) is 6.07 Å². The summed E-state index contributed by atoms with van der Waals surface area (Å²) >= 11 is 0. The van der Waals surface area contributed by atoms with Gasteiger partial charge in [0.25, 0.3) is 15.7 Å². The summed E-state index contributed by atoms with van der Waals surface area (Å²) in [5.41, 5.74) is 5.11. The highest BCUT2D eigenvalue weighted by molar-refractivity contribution is 7.92. The lowest BCUT2D eigenvalue weighted by molar-refractivity contribution is -0.383. The summed E-state index contributed by atoms with van der Waals surface area (Å²) in [6.07, 6.45) is 0. The van der Waals surface area contributed by atoms with Crippen LogP contribution in [-0.4, -0.2) is 20.5 Å². The molecule has 0 radical (unpaired) electrons. The molecule has 0 aliphatic rings. The average Bonchev–Trinajstić information content (AvgIpc) is 2.48. The van der Waals surface area contributed by atoms with Crippen LogP contribution in [0.25, 0.3) is 0 Å². The average molecular weight is 323 g/mol. The second-order valence-corrected chi connectivity index (χ2v) is 5.99. The Hall–Kier alpha value is -2.81. The van der Waals surface area contributed by atoms with Crippen LogP contribution in [0.2, 0.25) is 0 Å². The third-order valence-corrected chi connectivity index (χ3v) is 4.25. The Morgan fingerprint density at radius 3 is 2.36 bits per heavy atom. The van der Waals surface area contributed by atoms with E-state index in [-0.39, 0.29) is 22.0 Å². The van der Waals surface area contributed by atoms with Crippen molar-refractivity contribution in [2.75, 3.05) is 17.6 Å². The van der Waals surface area contributed by atoms with Crippen molar-refractivity contribution < 1.29 is 18.1 Å².